The van der Waals surface area contributed by atoms with Gasteiger partial charge in [-0.15, -0.1) is 0 Å². The maximum atomic E-state index is 11.2. The number of carboxylic acids is 1. The monoisotopic (exact) mass is 308 g/mol. The molecular weight excluding hydrogens is 288 g/mol. The van der Waals surface area contributed by atoms with E-state index in [1.54, 1.807) is 6.92 Å². The highest BCUT2D eigenvalue weighted by Gasteiger charge is 2.17. The summed E-state index contributed by atoms with van der Waals surface area (Å²) in [6.07, 6.45) is 0.732. The Morgan fingerprint density at radius 3 is 2.55 bits per heavy atom. The van der Waals surface area contributed by atoms with Crippen molar-refractivity contribution < 1.29 is 20.1 Å². The van der Waals surface area contributed by atoms with Gasteiger partial charge in [-0.05, 0) is 31.9 Å². The number of aliphatic carboxylic acids is 1. The number of benzene rings is 1. The summed E-state index contributed by atoms with van der Waals surface area (Å²) in [6, 6.07) is 3.08. The molecule has 0 radical (unpaired) electrons. The SMILES string of the molecule is CC(=NC(CCCN=C(N)N)C(=O)O)c1ccc(O)cc1O. The number of aromatic hydroxyl groups is 2. The number of nitrogens with two attached hydrogens (primary N) is 2. The number of phenolic OH excluding ortho intramolecular Hbond substituents is 2. The average molecular weight is 308 g/mol. The van der Waals surface area contributed by atoms with Crippen molar-refractivity contribution in [2.24, 2.45) is 21.5 Å². The van der Waals surface area contributed by atoms with Crippen molar-refractivity contribution in [3.8, 4) is 11.5 Å². The third-order valence-corrected chi connectivity index (χ3v) is 2.94. The molecule has 0 spiro atoms. The molecule has 0 saturated heterocycles. The fourth-order valence-corrected chi connectivity index (χ4v) is 1.87. The minimum Gasteiger partial charge on any atom is -0.508 e. The summed E-state index contributed by atoms with van der Waals surface area (Å²) in [5, 5.41) is 28.2. The van der Waals surface area contributed by atoms with Crippen LogP contribution in [0.3, 0.4) is 0 Å². The summed E-state index contributed by atoms with van der Waals surface area (Å²) in [5.74, 6) is -1.35. The number of phenols is 2. The van der Waals surface area contributed by atoms with E-state index < -0.39 is 12.0 Å². The summed E-state index contributed by atoms with van der Waals surface area (Å²) < 4.78 is 0. The molecule has 1 aromatic carbocycles. The number of hydrogen-bond acceptors (Lipinski definition) is 5. The van der Waals surface area contributed by atoms with Crippen molar-refractivity contribution in [2.75, 3.05) is 6.54 Å². The lowest BCUT2D eigenvalue weighted by atomic mass is 10.1. The number of carbonyl (C=O) groups is 1. The molecule has 1 aromatic rings. The Hall–Kier alpha value is -2.77. The summed E-state index contributed by atoms with van der Waals surface area (Å²) in [6.45, 7) is 1.92. The van der Waals surface area contributed by atoms with Gasteiger partial charge in [0.25, 0.3) is 0 Å². The van der Waals surface area contributed by atoms with Gasteiger partial charge in [0.15, 0.2) is 5.96 Å². The highest BCUT2D eigenvalue weighted by molar-refractivity contribution is 6.02. The smallest absolute Gasteiger partial charge is 0.328 e. The van der Waals surface area contributed by atoms with Gasteiger partial charge in [0.2, 0.25) is 0 Å². The molecule has 0 amide bonds. The van der Waals surface area contributed by atoms with E-state index in [0.29, 0.717) is 24.2 Å². The van der Waals surface area contributed by atoms with E-state index in [0.717, 1.165) is 0 Å². The minimum absolute atomic E-state index is 0.0411. The van der Waals surface area contributed by atoms with Gasteiger partial charge in [-0.3, -0.25) is 9.98 Å². The lowest BCUT2D eigenvalue weighted by Crippen LogP contribution is -2.23. The Morgan fingerprint density at radius 1 is 1.32 bits per heavy atom. The standard InChI is InChI=1S/C14H20N4O4/c1-8(10-5-4-9(19)7-12(10)20)18-11(13(21)22)3-2-6-17-14(15)16/h4-5,7,11,19-20H,2-3,6H2,1H3,(H,21,22)(H4,15,16,17). The van der Waals surface area contributed by atoms with Crippen LogP contribution in [0.4, 0.5) is 0 Å². The zero-order valence-electron chi connectivity index (χ0n) is 12.2. The summed E-state index contributed by atoms with van der Waals surface area (Å²) >= 11 is 0. The van der Waals surface area contributed by atoms with Crippen LogP contribution in [0.5, 0.6) is 11.5 Å². The van der Waals surface area contributed by atoms with Crippen molar-refractivity contribution in [3.05, 3.63) is 23.8 Å². The predicted molar refractivity (Wildman–Crippen MR) is 83.3 cm³/mol. The van der Waals surface area contributed by atoms with Gasteiger partial charge < -0.3 is 26.8 Å². The quantitative estimate of drug-likeness (QED) is 0.279. The van der Waals surface area contributed by atoms with E-state index in [1.165, 1.54) is 18.2 Å². The van der Waals surface area contributed by atoms with Crippen LogP contribution in [-0.2, 0) is 4.79 Å². The summed E-state index contributed by atoms with van der Waals surface area (Å²) in [7, 11) is 0. The van der Waals surface area contributed by atoms with Crippen LogP contribution in [0.15, 0.2) is 28.2 Å². The summed E-state index contributed by atoms with van der Waals surface area (Å²) in [5.41, 5.74) is 11.1. The topological polar surface area (TPSA) is 155 Å². The molecule has 8 heteroatoms. The molecule has 0 saturated carbocycles. The van der Waals surface area contributed by atoms with Gasteiger partial charge >= 0.3 is 5.97 Å². The second-order valence-electron chi connectivity index (χ2n) is 4.72. The van der Waals surface area contributed by atoms with Crippen molar-refractivity contribution in [1.82, 2.24) is 0 Å². The first kappa shape index (κ1) is 17.3. The zero-order valence-corrected chi connectivity index (χ0v) is 12.2. The highest BCUT2D eigenvalue weighted by Crippen LogP contribution is 2.23. The van der Waals surface area contributed by atoms with E-state index in [-0.39, 0.29) is 23.9 Å². The minimum atomic E-state index is -1.07. The maximum Gasteiger partial charge on any atom is 0.328 e. The van der Waals surface area contributed by atoms with Gasteiger partial charge in [0, 0.05) is 23.9 Å². The van der Waals surface area contributed by atoms with E-state index >= 15 is 0 Å². The molecule has 0 aliphatic rings. The van der Waals surface area contributed by atoms with Gasteiger partial charge in [-0.1, -0.05) is 0 Å². The van der Waals surface area contributed by atoms with Gasteiger partial charge in [0.05, 0.1) is 0 Å². The second kappa shape index (κ2) is 7.87. The fraction of sp³-hybridized carbons (Fsp3) is 0.357. The molecular formula is C14H20N4O4. The Kier molecular flexibility index (Phi) is 6.18. The number of hydrogen-bond donors (Lipinski definition) is 5. The Bertz CT molecular complexity index is 595. The molecule has 22 heavy (non-hydrogen) atoms. The molecule has 0 aromatic heterocycles. The second-order valence-corrected chi connectivity index (χ2v) is 4.72. The zero-order chi connectivity index (χ0) is 16.7. The Morgan fingerprint density at radius 2 is 2.00 bits per heavy atom. The first-order valence-electron chi connectivity index (χ1n) is 6.66. The highest BCUT2D eigenvalue weighted by atomic mass is 16.4. The van der Waals surface area contributed by atoms with E-state index in [1.807, 2.05) is 0 Å². The van der Waals surface area contributed by atoms with Crippen LogP contribution in [0, 0.1) is 0 Å². The number of aliphatic imine (C=N–C) groups is 2. The molecule has 0 aliphatic heterocycles. The molecule has 120 valence electrons. The molecule has 1 unspecified atom stereocenters. The molecule has 8 nitrogen and oxygen atoms in total. The van der Waals surface area contributed by atoms with E-state index in [9.17, 15) is 20.1 Å². The van der Waals surface area contributed by atoms with Crippen molar-refractivity contribution >= 4 is 17.6 Å². The largest absolute Gasteiger partial charge is 0.508 e. The number of nitrogens with zero attached hydrogens (tertiary/aromatic N) is 2. The molecule has 1 rings (SSSR count). The van der Waals surface area contributed by atoms with E-state index in [4.69, 9.17) is 11.5 Å². The van der Waals surface area contributed by atoms with Crippen LogP contribution in [-0.4, -0.2) is 45.5 Å². The Balaban J connectivity index is 2.83. The molecule has 7 N–H and O–H groups in total. The van der Waals surface area contributed by atoms with Crippen LogP contribution in [0.2, 0.25) is 0 Å². The fourth-order valence-electron chi connectivity index (χ4n) is 1.87. The number of guanidine groups is 1. The third-order valence-electron chi connectivity index (χ3n) is 2.94. The normalized spacial score (nSPS) is 12.7. The van der Waals surface area contributed by atoms with Crippen molar-refractivity contribution in [1.29, 1.82) is 0 Å². The lowest BCUT2D eigenvalue weighted by molar-refractivity contribution is -0.138. The Labute approximate surface area is 127 Å². The third kappa shape index (κ3) is 5.31. The number of carboxylic acid groups (broad SMARTS) is 1. The van der Waals surface area contributed by atoms with Crippen LogP contribution >= 0.6 is 0 Å². The number of rotatable bonds is 7. The predicted octanol–water partition coefficient (Wildman–Crippen LogP) is 0.414. The van der Waals surface area contributed by atoms with Crippen molar-refractivity contribution in [3.63, 3.8) is 0 Å². The van der Waals surface area contributed by atoms with Gasteiger partial charge in [-0.25, -0.2) is 4.79 Å². The van der Waals surface area contributed by atoms with Crippen LogP contribution < -0.4 is 11.5 Å². The first-order chi connectivity index (χ1) is 10.3. The molecule has 1 atom stereocenters. The van der Waals surface area contributed by atoms with E-state index in [2.05, 4.69) is 9.98 Å². The van der Waals surface area contributed by atoms with Gasteiger partial charge in [0.1, 0.15) is 17.5 Å². The van der Waals surface area contributed by atoms with Gasteiger partial charge in [-0.2, -0.15) is 0 Å². The molecule has 0 heterocycles. The average Bonchev–Trinajstić information content (AvgIpc) is 2.41. The molecule has 0 fully saturated rings. The molecule has 0 aliphatic carbocycles. The maximum absolute atomic E-state index is 11.2. The van der Waals surface area contributed by atoms with Crippen molar-refractivity contribution in [2.45, 2.75) is 25.8 Å². The first-order valence-corrected chi connectivity index (χ1v) is 6.66. The molecule has 0 bridgehead atoms. The van der Waals surface area contributed by atoms with Crippen LogP contribution in [0.1, 0.15) is 25.3 Å². The summed E-state index contributed by atoms with van der Waals surface area (Å²) in [4.78, 5) is 19.1. The van der Waals surface area contributed by atoms with Crippen LogP contribution in [0.25, 0.3) is 0 Å². The lowest BCUT2D eigenvalue weighted by Gasteiger charge is -2.10.